The van der Waals surface area contributed by atoms with Gasteiger partial charge in [-0.15, -0.1) is 0 Å². The molecule has 2 aromatic carbocycles. The van der Waals surface area contributed by atoms with E-state index in [-0.39, 0.29) is 30.3 Å². The summed E-state index contributed by atoms with van der Waals surface area (Å²) in [5.74, 6) is -0.0346. The number of carboxylic acid groups (broad SMARTS) is 1. The van der Waals surface area contributed by atoms with Crippen molar-refractivity contribution in [3.05, 3.63) is 88.1 Å². The van der Waals surface area contributed by atoms with Crippen LogP contribution in [0.4, 0.5) is 4.39 Å². The highest BCUT2D eigenvalue weighted by atomic mass is 35.5. The van der Waals surface area contributed by atoms with E-state index in [4.69, 9.17) is 30.8 Å². The van der Waals surface area contributed by atoms with Gasteiger partial charge in [0.25, 0.3) is 0 Å². The van der Waals surface area contributed by atoms with Gasteiger partial charge in [0.1, 0.15) is 18.2 Å². The maximum absolute atomic E-state index is 14.1. The Morgan fingerprint density at radius 3 is 2.77 bits per heavy atom. The molecular formula is C29H27ClFN3O5. The molecule has 2 saturated heterocycles. The molecule has 2 fully saturated rings. The van der Waals surface area contributed by atoms with E-state index >= 15 is 0 Å². The van der Waals surface area contributed by atoms with Crippen molar-refractivity contribution >= 4 is 28.6 Å². The van der Waals surface area contributed by atoms with Crippen LogP contribution in [0, 0.1) is 5.82 Å². The molecule has 4 aromatic rings. The molecule has 0 radical (unpaired) electrons. The summed E-state index contributed by atoms with van der Waals surface area (Å²) >= 11 is 5.83. The first kappa shape index (κ1) is 25.7. The van der Waals surface area contributed by atoms with Gasteiger partial charge in [-0.1, -0.05) is 23.7 Å². The maximum Gasteiger partial charge on any atom is 0.335 e. The number of carboxylic acids is 1. The second-order valence-corrected chi connectivity index (χ2v) is 10.4. The highest BCUT2D eigenvalue weighted by molar-refractivity contribution is 6.30. The number of imidazole rings is 1. The van der Waals surface area contributed by atoms with Gasteiger partial charge in [0, 0.05) is 41.3 Å². The van der Waals surface area contributed by atoms with Crippen LogP contribution in [0.1, 0.15) is 46.2 Å². The number of benzene rings is 2. The van der Waals surface area contributed by atoms with E-state index in [1.165, 1.54) is 6.07 Å². The predicted molar refractivity (Wildman–Crippen MR) is 142 cm³/mol. The molecule has 202 valence electrons. The maximum atomic E-state index is 14.1. The predicted octanol–water partition coefficient (Wildman–Crippen LogP) is 5.41. The molecule has 8 nitrogen and oxygen atoms in total. The Morgan fingerprint density at radius 1 is 1.13 bits per heavy atom. The van der Waals surface area contributed by atoms with Crippen LogP contribution in [0.15, 0.2) is 54.6 Å². The molecule has 2 unspecified atom stereocenters. The topological polar surface area (TPSA) is 95.7 Å². The number of pyridine rings is 1. The van der Waals surface area contributed by atoms with Gasteiger partial charge in [0.05, 0.1) is 42.0 Å². The molecule has 2 aliphatic heterocycles. The third kappa shape index (κ3) is 5.61. The van der Waals surface area contributed by atoms with Crippen molar-refractivity contribution in [2.24, 2.45) is 0 Å². The third-order valence-electron chi connectivity index (χ3n) is 7.30. The van der Waals surface area contributed by atoms with Crippen LogP contribution in [0.5, 0.6) is 5.88 Å². The van der Waals surface area contributed by atoms with Gasteiger partial charge in [-0.05, 0) is 49.2 Å². The van der Waals surface area contributed by atoms with Crippen LogP contribution in [0.3, 0.4) is 0 Å². The Bertz CT molecular complexity index is 1520. The highest BCUT2D eigenvalue weighted by Gasteiger charge is 2.30. The van der Waals surface area contributed by atoms with Gasteiger partial charge in [0.2, 0.25) is 5.88 Å². The fourth-order valence-corrected chi connectivity index (χ4v) is 5.24. The molecule has 39 heavy (non-hydrogen) atoms. The molecule has 6 rings (SSSR count). The van der Waals surface area contributed by atoms with Crippen LogP contribution < -0.4 is 4.74 Å². The molecule has 4 heterocycles. The van der Waals surface area contributed by atoms with Gasteiger partial charge in [-0.3, -0.25) is 0 Å². The Hall–Kier alpha value is -3.53. The summed E-state index contributed by atoms with van der Waals surface area (Å²) in [5, 5.41) is 9.81. The third-order valence-corrected chi connectivity index (χ3v) is 7.53. The van der Waals surface area contributed by atoms with Gasteiger partial charge >= 0.3 is 5.97 Å². The van der Waals surface area contributed by atoms with E-state index < -0.39 is 11.8 Å². The second kappa shape index (κ2) is 10.9. The molecule has 0 saturated carbocycles. The van der Waals surface area contributed by atoms with Gasteiger partial charge in [-0.2, -0.15) is 0 Å². The van der Waals surface area contributed by atoms with E-state index in [1.54, 1.807) is 36.4 Å². The minimum absolute atomic E-state index is 0.0494. The molecule has 0 amide bonds. The number of halogens is 2. The molecule has 0 bridgehead atoms. The van der Waals surface area contributed by atoms with E-state index in [0.717, 1.165) is 42.0 Å². The van der Waals surface area contributed by atoms with Crippen molar-refractivity contribution in [3.63, 3.8) is 0 Å². The number of aromatic nitrogens is 3. The molecule has 0 spiro atoms. The normalized spacial score (nSPS) is 20.7. The molecule has 10 heteroatoms. The lowest BCUT2D eigenvalue weighted by atomic mass is 9.99. The first-order valence-corrected chi connectivity index (χ1v) is 13.3. The number of hydrogen-bond acceptors (Lipinski definition) is 6. The number of fused-ring (bicyclic) bond motifs is 1. The Labute approximate surface area is 229 Å². The number of nitrogens with zero attached hydrogens (tertiary/aromatic N) is 3. The van der Waals surface area contributed by atoms with Crippen molar-refractivity contribution in [2.75, 3.05) is 13.2 Å². The molecule has 3 atom stereocenters. The average molecular weight is 552 g/mol. The summed E-state index contributed by atoms with van der Waals surface area (Å²) in [4.78, 5) is 21.0. The highest BCUT2D eigenvalue weighted by Crippen LogP contribution is 2.32. The Balaban J connectivity index is 1.15. The zero-order valence-corrected chi connectivity index (χ0v) is 21.8. The zero-order chi connectivity index (χ0) is 26.9. The van der Waals surface area contributed by atoms with E-state index in [1.807, 2.05) is 12.1 Å². The summed E-state index contributed by atoms with van der Waals surface area (Å²) in [6.07, 6.45) is 2.34. The molecule has 0 aliphatic carbocycles. The summed E-state index contributed by atoms with van der Waals surface area (Å²) in [6, 6.07) is 15.1. The summed E-state index contributed by atoms with van der Waals surface area (Å²) in [7, 11) is 0. The van der Waals surface area contributed by atoms with E-state index in [9.17, 15) is 14.3 Å². The molecule has 1 N–H and O–H groups in total. The largest absolute Gasteiger partial charge is 0.478 e. The van der Waals surface area contributed by atoms with Crippen molar-refractivity contribution < 1.29 is 28.5 Å². The van der Waals surface area contributed by atoms with Gasteiger partial charge in [0.15, 0.2) is 0 Å². The lowest BCUT2D eigenvalue weighted by Gasteiger charge is -2.27. The smallest absolute Gasteiger partial charge is 0.335 e. The fourth-order valence-electron chi connectivity index (χ4n) is 5.08. The average Bonchev–Trinajstić information content (AvgIpc) is 3.50. The van der Waals surface area contributed by atoms with Crippen molar-refractivity contribution in [1.29, 1.82) is 0 Å². The Kier molecular flexibility index (Phi) is 7.20. The summed E-state index contributed by atoms with van der Waals surface area (Å²) in [5.41, 5.74) is 3.04. The minimum Gasteiger partial charge on any atom is -0.478 e. The minimum atomic E-state index is -0.968. The second-order valence-electron chi connectivity index (χ2n) is 9.95. The van der Waals surface area contributed by atoms with Crippen molar-refractivity contribution in [3.8, 4) is 5.88 Å². The summed E-state index contributed by atoms with van der Waals surface area (Å²) < 4.78 is 33.8. The monoisotopic (exact) mass is 551 g/mol. The van der Waals surface area contributed by atoms with Gasteiger partial charge in [-0.25, -0.2) is 19.2 Å². The Morgan fingerprint density at radius 2 is 2.00 bits per heavy atom. The summed E-state index contributed by atoms with van der Waals surface area (Å²) in [6.45, 7) is 1.93. The van der Waals surface area contributed by atoms with Crippen LogP contribution in [-0.4, -0.2) is 51.0 Å². The van der Waals surface area contributed by atoms with Crippen LogP contribution in [0.25, 0.3) is 11.0 Å². The standard InChI is InChI=1S/C29H27ClFN3O5/c30-20-6-4-18(23(31)12-20)15-39-28-3-1-2-24(33-28)19-10-22(38-16-19)13-27-32-25-7-5-17(29(35)36)11-26(25)34(27)14-21-8-9-37-21/h1-7,11-12,19,21-22H,8-10,13-16H2,(H,35,36)/t19?,21-,22?/m0/s1. The zero-order valence-electron chi connectivity index (χ0n) is 21.1. The first-order chi connectivity index (χ1) is 18.9. The number of carbonyl (C=O) groups is 1. The van der Waals surface area contributed by atoms with E-state index in [0.29, 0.717) is 36.0 Å². The van der Waals surface area contributed by atoms with Crippen molar-refractivity contribution in [1.82, 2.24) is 14.5 Å². The van der Waals surface area contributed by atoms with Gasteiger partial charge < -0.3 is 23.9 Å². The number of aromatic carboxylic acids is 1. The van der Waals surface area contributed by atoms with Crippen LogP contribution >= 0.6 is 11.6 Å². The van der Waals surface area contributed by atoms with Crippen LogP contribution in [-0.2, 0) is 29.0 Å². The molecule has 2 aromatic heterocycles. The SMILES string of the molecule is O=C(O)c1ccc2nc(CC3CC(c4cccc(OCc5ccc(Cl)cc5F)n4)CO3)n(C[C@@H]3CCO3)c2c1. The number of rotatable bonds is 9. The van der Waals surface area contributed by atoms with E-state index in [2.05, 4.69) is 9.55 Å². The van der Waals surface area contributed by atoms with Crippen LogP contribution in [0.2, 0.25) is 5.02 Å². The molecular weight excluding hydrogens is 525 g/mol. The molecule has 2 aliphatic rings. The quantitative estimate of drug-likeness (QED) is 0.297. The lowest BCUT2D eigenvalue weighted by Crippen LogP contribution is -2.32. The lowest BCUT2D eigenvalue weighted by molar-refractivity contribution is -0.0591. The first-order valence-electron chi connectivity index (χ1n) is 12.9. The number of hydrogen-bond donors (Lipinski definition) is 1. The number of ether oxygens (including phenoxy) is 3. The van der Waals surface area contributed by atoms with Crippen molar-refractivity contribution in [2.45, 2.75) is 50.5 Å². The fraction of sp³-hybridized carbons (Fsp3) is 0.345.